The SMILES string of the molecule is CC(C)C(=O)Nc1ccc(C(=O)Nc2ncc(C3CCNCC3)s2)cc1. The fourth-order valence-electron chi connectivity index (χ4n) is 2.80. The van der Waals surface area contributed by atoms with Gasteiger partial charge in [0.05, 0.1) is 0 Å². The van der Waals surface area contributed by atoms with Crippen LogP contribution in [0.25, 0.3) is 0 Å². The van der Waals surface area contributed by atoms with Crippen molar-refractivity contribution in [2.45, 2.75) is 32.6 Å². The molecule has 3 rings (SSSR count). The lowest BCUT2D eigenvalue weighted by molar-refractivity contribution is -0.118. The van der Waals surface area contributed by atoms with Crippen LogP contribution in [0.4, 0.5) is 10.8 Å². The van der Waals surface area contributed by atoms with E-state index in [0.29, 0.717) is 22.3 Å². The molecule has 2 heterocycles. The monoisotopic (exact) mass is 372 g/mol. The molecule has 7 heteroatoms. The molecule has 3 N–H and O–H groups in total. The van der Waals surface area contributed by atoms with Gasteiger partial charge in [-0.3, -0.25) is 14.9 Å². The van der Waals surface area contributed by atoms with Crippen LogP contribution >= 0.6 is 11.3 Å². The molecule has 0 spiro atoms. The lowest BCUT2D eigenvalue weighted by Crippen LogP contribution is -2.26. The van der Waals surface area contributed by atoms with Crippen LogP contribution in [0.5, 0.6) is 0 Å². The Labute approximate surface area is 157 Å². The Kier molecular flexibility index (Phi) is 6.00. The molecule has 0 aliphatic carbocycles. The Morgan fingerprint density at radius 3 is 2.50 bits per heavy atom. The first kappa shape index (κ1) is 18.5. The Balaban J connectivity index is 1.59. The van der Waals surface area contributed by atoms with Crippen LogP contribution in [0.3, 0.4) is 0 Å². The summed E-state index contributed by atoms with van der Waals surface area (Å²) >= 11 is 1.55. The quantitative estimate of drug-likeness (QED) is 0.751. The number of hydrogen-bond donors (Lipinski definition) is 3. The summed E-state index contributed by atoms with van der Waals surface area (Å²) in [5, 5.41) is 9.65. The summed E-state index contributed by atoms with van der Waals surface area (Å²) < 4.78 is 0. The molecule has 1 aromatic heterocycles. The average molecular weight is 372 g/mol. The number of carbonyl (C=O) groups is 2. The van der Waals surface area contributed by atoms with Gasteiger partial charge in [-0.1, -0.05) is 13.8 Å². The number of carbonyl (C=O) groups excluding carboxylic acids is 2. The maximum Gasteiger partial charge on any atom is 0.257 e. The van der Waals surface area contributed by atoms with E-state index < -0.39 is 0 Å². The van der Waals surface area contributed by atoms with Crippen LogP contribution < -0.4 is 16.0 Å². The molecule has 1 saturated heterocycles. The van der Waals surface area contributed by atoms with Gasteiger partial charge in [0.15, 0.2) is 5.13 Å². The van der Waals surface area contributed by atoms with Crippen molar-refractivity contribution < 1.29 is 9.59 Å². The van der Waals surface area contributed by atoms with Crippen LogP contribution in [0.1, 0.15) is 47.8 Å². The van der Waals surface area contributed by atoms with E-state index in [0.717, 1.165) is 25.9 Å². The minimum absolute atomic E-state index is 0.0459. The third-order valence-electron chi connectivity index (χ3n) is 4.42. The highest BCUT2D eigenvalue weighted by Gasteiger charge is 2.18. The summed E-state index contributed by atoms with van der Waals surface area (Å²) in [5.41, 5.74) is 1.22. The van der Waals surface area contributed by atoms with E-state index in [4.69, 9.17) is 0 Å². The van der Waals surface area contributed by atoms with Gasteiger partial charge >= 0.3 is 0 Å². The number of benzene rings is 1. The Hall–Kier alpha value is -2.25. The number of anilines is 2. The predicted octanol–water partition coefficient (Wildman–Crippen LogP) is 3.46. The van der Waals surface area contributed by atoms with Crippen molar-refractivity contribution >= 4 is 34.0 Å². The maximum absolute atomic E-state index is 12.4. The maximum atomic E-state index is 12.4. The molecular formula is C19H24N4O2S. The second-order valence-corrected chi connectivity index (χ2v) is 7.83. The molecule has 0 saturated carbocycles. The van der Waals surface area contributed by atoms with Crippen LogP contribution in [-0.2, 0) is 4.79 Å². The topological polar surface area (TPSA) is 83.1 Å². The molecular weight excluding hydrogens is 348 g/mol. The highest BCUT2D eigenvalue weighted by Crippen LogP contribution is 2.31. The summed E-state index contributed by atoms with van der Waals surface area (Å²) in [4.78, 5) is 29.7. The van der Waals surface area contributed by atoms with Gasteiger partial charge in [-0.05, 0) is 56.1 Å². The van der Waals surface area contributed by atoms with Crippen molar-refractivity contribution in [2.75, 3.05) is 23.7 Å². The second kappa shape index (κ2) is 8.42. The van der Waals surface area contributed by atoms with E-state index in [1.165, 1.54) is 4.88 Å². The van der Waals surface area contributed by atoms with Crippen LogP contribution in [0.2, 0.25) is 0 Å². The molecule has 6 nitrogen and oxygen atoms in total. The minimum atomic E-state index is -0.196. The molecule has 1 fully saturated rings. The molecule has 26 heavy (non-hydrogen) atoms. The zero-order valence-electron chi connectivity index (χ0n) is 15.0. The standard InChI is InChI=1S/C19H24N4O2S/c1-12(2)17(24)22-15-5-3-14(4-6-15)18(25)23-19-21-11-16(26-19)13-7-9-20-10-8-13/h3-6,11-13,20H,7-10H2,1-2H3,(H,22,24)(H,21,23,25). The average Bonchev–Trinajstić information content (AvgIpc) is 3.11. The Morgan fingerprint density at radius 2 is 1.85 bits per heavy atom. The van der Waals surface area contributed by atoms with Gasteiger partial charge < -0.3 is 10.6 Å². The molecule has 0 bridgehead atoms. The summed E-state index contributed by atoms with van der Waals surface area (Å²) in [6.45, 7) is 5.74. The second-order valence-electron chi connectivity index (χ2n) is 6.77. The summed E-state index contributed by atoms with van der Waals surface area (Å²) in [6.07, 6.45) is 4.10. The summed E-state index contributed by atoms with van der Waals surface area (Å²) in [7, 11) is 0. The molecule has 138 valence electrons. The highest BCUT2D eigenvalue weighted by molar-refractivity contribution is 7.15. The number of aromatic nitrogens is 1. The normalized spacial score (nSPS) is 15.0. The van der Waals surface area contributed by atoms with E-state index in [-0.39, 0.29) is 17.7 Å². The van der Waals surface area contributed by atoms with Crippen molar-refractivity contribution in [3.05, 3.63) is 40.9 Å². The van der Waals surface area contributed by atoms with E-state index in [9.17, 15) is 9.59 Å². The van der Waals surface area contributed by atoms with E-state index >= 15 is 0 Å². The highest BCUT2D eigenvalue weighted by atomic mass is 32.1. The van der Waals surface area contributed by atoms with Gasteiger partial charge in [0.1, 0.15) is 0 Å². The number of hydrogen-bond acceptors (Lipinski definition) is 5. The van der Waals surface area contributed by atoms with Crippen molar-refractivity contribution in [1.82, 2.24) is 10.3 Å². The van der Waals surface area contributed by atoms with Crippen LogP contribution in [0, 0.1) is 5.92 Å². The predicted molar refractivity (Wildman–Crippen MR) is 105 cm³/mol. The first-order valence-electron chi connectivity index (χ1n) is 8.91. The smallest absolute Gasteiger partial charge is 0.257 e. The first-order valence-corrected chi connectivity index (χ1v) is 9.73. The van der Waals surface area contributed by atoms with Crippen molar-refractivity contribution in [3.8, 4) is 0 Å². The number of amides is 2. The number of thiazole rings is 1. The molecule has 1 aliphatic rings. The van der Waals surface area contributed by atoms with Gasteiger partial charge in [-0.25, -0.2) is 4.98 Å². The fraction of sp³-hybridized carbons (Fsp3) is 0.421. The molecule has 1 aliphatic heterocycles. The van der Waals surface area contributed by atoms with Crippen molar-refractivity contribution in [2.24, 2.45) is 5.92 Å². The zero-order valence-corrected chi connectivity index (χ0v) is 15.9. The summed E-state index contributed by atoms with van der Waals surface area (Å²) in [6, 6.07) is 6.87. The molecule has 2 aromatic rings. The number of nitrogens with one attached hydrogen (secondary N) is 3. The number of rotatable bonds is 5. The van der Waals surface area contributed by atoms with Crippen LogP contribution in [-0.4, -0.2) is 29.9 Å². The Morgan fingerprint density at radius 1 is 1.15 bits per heavy atom. The van der Waals surface area contributed by atoms with E-state index in [1.54, 1.807) is 35.6 Å². The van der Waals surface area contributed by atoms with Gasteiger partial charge in [-0.15, -0.1) is 11.3 Å². The van der Waals surface area contributed by atoms with Crippen LogP contribution in [0.15, 0.2) is 30.5 Å². The third-order valence-corrected chi connectivity index (χ3v) is 5.50. The van der Waals surface area contributed by atoms with E-state index in [2.05, 4.69) is 20.9 Å². The lowest BCUT2D eigenvalue weighted by atomic mass is 9.97. The van der Waals surface area contributed by atoms with Crippen molar-refractivity contribution in [3.63, 3.8) is 0 Å². The van der Waals surface area contributed by atoms with Gasteiger partial charge in [0.25, 0.3) is 5.91 Å². The minimum Gasteiger partial charge on any atom is -0.326 e. The largest absolute Gasteiger partial charge is 0.326 e. The molecule has 0 radical (unpaired) electrons. The molecule has 0 unspecified atom stereocenters. The molecule has 0 atom stereocenters. The van der Waals surface area contributed by atoms with Crippen molar-refractivity contribution in [1.29, 1.82) is 0 Å². The third kappa shape index (κ3) is 4.68. The number of piperidine rings is 1. The van der Waals surface area contributed by atoms with Gasteiger partial charge in [-0.2, -0.15) is 0 Å². The number of nitrogens with zero attached hydrogens (tertiary/aromatic N) is 1. The van der Waals surface area contributed by atoms with E-state index in [1.807, 2.05) is 20.0 Å². The lowest BCUT2D eigenvalue weighted by Gasteiger charge is -2.20. The molecule has 2 amide bonds. The summed E-state index contributed by atoms with van der Waals surface area (Å²) in [5.74, 6) is 0.202. The zero-order chi connectivity index (χ0) is 18.5. The first-order chi connectivity index (χ1) is 12.5. The van der Waals surface area contributed by atoms with Gasteiger partial charge in [0.2, 0.25) is 5.91 Å². The van der Waals surface area contributed by atoms with Gasteiger partial charge in [0, 0.05) is 28.2 Å². The fourth-order valence-corrected chi connectivity index (χ4v) is 3.78. The molecule has 1 aromatic carbocycles. The Bertz CT molecular complexity index is 764.